The standard InChI is InChI=1S/C19H20N4O/c24-19(16-14-23-11-4-3-8-18(23)21-16)20-10-5-12-22-13-9-15-6-1-2-7-17(15)22/h1-4,6-8,11,14H,5,9-10,12-13H2,(H,20,24). The van der Waals surface area contributed by atoms with Gasteiger partial charge in [0.05, 0.1) is 0 Å². The highest BCUT2D eigenvalue weighted by atomic mass is 16.1. The van der Waals surface area contributed by atoms with Gasteiger partial charge in [0.1, 0.15) is 11.3 Å². The third-order valence-electron chi connectivity index (χ3n) is 4.47. The van der Waals surface area contributed by atoms with Gasteiger partial charge in [0, 0.05) is 37.7 Å². The van der Waals surface area contributed by atoms with Crippen LogP contribution in [-0.2, 0) is 6.42 Å². The average molecular weight is 320 g/mol. The number of carbonyl (C=O) groups excluding carboxylic acids is 1. The number of fused-ring (bicyclic) bond motifs is 2. The maximum absolute atomic E-state index is 12.2. The number of para-hydroxylation sites is 1. The molecule has 3 aromatic rings. The van der Waals surface area contributed by atoms with E-state index in [4.69, 9.17) is 0 Å². The molecule has 0 saturated heterocycles. The Hall–Kier alpha value is -2.82. The van der Waals surface area contributed by atoms with Gasteiger partial charge in [-0.1, -0.05) is 24.3 Å². The summed E-state index contributed by atoms with van der Waals surface area (Å²) in [6.07, 6.45) is 5.70. The van der Waals surface area contributed by atoms with Crippen molar-refractivity contribution < 1.29 is 4.79 Å². The molecule has 1 aliphatic heterocycles. The summed E-state index contributed by atoms with van der Waals surface area (Å²) in [5, 5.41) is 2.97. The van der Waals surface area contributed by atoms with Gasteiger partial charge >= 0.3 is 0 Å². The third-order valence-corrected chi connectivity index (χ3v) is 4.47. The van der Waals surface area contributed by atoms with Crippen LogP contribution >= 0.6 is 0 Å². The molecule has 4 rings (SSSR count). The first-order valence-corrected chi connectivity index (χ1v) is 8.36. The van der Waals surface area contributed by atoms with Crippen LogP contribution < -0.4 is 10.2 Å². The number of nitrogens with zero attached hydrogens (tertiary/aromatic N) is 3. The molecule has 0 unspecified atom stereocenters. The van der Waals surface area contributed by atoms with Crippen molar-refractivity contribution in [3.8, 4) is 0 Å². The molecule has 5 nitrogen and oxygen atoms in total. The van der Waals surface area contributed by atoms with Gasteiger partial charge in [-0.15, -0.1) is 0 Å². The molecular weight excluding hydrogens is 300 g/mol. The van der Waals surface area contributed by atoms with E-state index in [0.717, 1.165) is 31.6 Å². The normalized spacial score (nSPS) is 13.2. The summed E-state index contributed by atoms with van der Waals surface area (Å²) in [7, 11) is 0. The van der Waals surface area contributed by atoms with Crippen LogP contribution in [0.15, 0.2) is 54.9 Å². The zero-order valence-electron chi connectivity index (χ0n) is 13.5. The molecular formula is C19H20N4O. The molecule has 0 atom stereocenters. The molecule has 5 heteroatoms. The number of hydrogen-bond acceptors (Lipinski definition) is 3. The third kappa shape index (κ3) is 2.85. The quantitative estimate of drug-likeness (QED) is 0.735. The molecule has 0 radical (unpaired) electrons. The van der Waals surface area contributed by atoms with Crippen LogP contribution in [0.5, 0.6) is 0 Å². The van der Waals surface area contributed by atoms with Crippen LogP contribution in [-0.4, -0.2) is 34.9 Å². The SMILES string of the molecule is O=C(NCCCN1CCc2ccccc21)c1cn2ccccc2n1. The summed E-state index contributed by atoms with van der Waals surface area (Å²) in [6, 6.07) is 14.3. The van der Waals surface area contributed by atoms with Gasteiger partial charge in [-0.2, -0.15) is 0 Å². The fourth-order valence-corrected chi connectivity index (χ4v) is 3.25. The molecule has 0 fully saturated rings. The molecule has 0 saturated carbocycles. The van der Waals surface area contributed by atoms with Crippen molar-refractivity contribution in [1.29, 1.82) is 0 Å². The number of imidazole rings is 1. The van der Waals surface area contributed by atoms with E-state index in [0.29, 0.717) is 12.2 Å². The lowest BCUT2D eigenvalue weighted by atomic mass is 10.2. The molecule has 122 valence electrons. The average Bonchev–Trinajstić information content (AvgIpc) is 3.23. The fraction of sp³-hybridized carbons (Fsp3) is 0.263. The van der Waals surface area contributed by atoms with Crippen molar-refractivity contribution >= 4 is 17.2 Å². The van der Waals surface area contributed by atoms with Crippen molar-refractivity contribution in [2.75, 3.05) is 24.5 Å². The van der Waals surface area contributed by atoms with E-state index in [9.17, 15) is 4.79 Å². The van der Waals surface area contributed by atoms with Crippen molar-refractivity contribution in [3.05, 3.63) is 66.1 Å². The fourth-order valence-electron chi connectivity index (χ4n) is 3.25. The summed E-state index contributed by atoms with van der Waals surface area (Å²) in [4.78, 5) is 18.9. The van der Waals surface area contributed by atoms with Gasteiger partial charge < -0.3 is 14.6 Å². The molecule has 24 heavy (non-hydrogen) atoms. The van der Waals surface area contributed by atoms with Crippen LogP contribution in [0.3, 0.4) is 0 Å². The molecule has 0 spiro atoms. The number of pyridine rings is 1. The van der Waals surface area contributed by atoms with Crippen molar-refractivity contribution in [1.82, 2.24) is 14.7 Å². The van der Waals surface area contributed by atoms with E-state index < -0.39 is 0 Å². The highest BCUT2D eigenvalue weighted by Crippen LogP contribution is 2.27. The van der Waals surface area contributed by atoms with Crippen LogP contribution in [0.2, 0.25) is 0 Å². The second-order valence-corrected chi connectivity index (χ2v) is 6.07. The molecule has 1 N–H and O–H groups in total. The van der Waals surface area contributed by atoms with Gasteiger partial charge in [0.15, 0.2) is 0 Å². The predicted molar refractivity (Wildman–Crippen MR) is 94.5 cm³/mol. The lowest BCUT2D eigenvalue weighted by molar-refractivity contribution is 0.0949. The van der Waals surface area contributed by atoms with Crippen molar-refractivity contribution in [2.45, 2.75) is 12.8 Å². The van der Waals surface area contributed by atoms with Crippen molar-refractivity contribution in [2.24, 2.45) is 0 Å². The molecule has 1 aliphatic rings. The highest BCUT2D eigenvalue weighted by Gasteiger charge is 2.17. The molecule has 0 bridgehead atoms. The minimum atomic E-state index is -0.111. The molecule has 1 aromatic carbocycles. The second-order valence-electron chi connectivity index (χ2n) is 6.07. The van der Waals surface area contributed by atoms with Crippen molar-refractivity contribution in [3.63, 3.8) is 0 Å². The van der Waals surface area contributed by atoms with Gasteiger partial charge in [-0.25, -0.2) is 4.98 Å². The number of hydrogen-bond donors (Lipinski definition) is 1. The Bertz CT molecular complexity index is 837. The number of anilines is 1. The lowest BCUT2D eigenvalue weighted by Gasteiger charge is -2.19. The maximum Gasteiger partial charge on any atom is 0.271 e. The van der Waals surface area contributed by atoms with Gasteiger partial charge in [0.2, 0.25) is 0 Å². The number of rotatable bonds is 5. The Morgan fingerprint density at radius 3 is 2.96 bits per heavy atom. The lowest BCUT2D eigenvalue weighted by Crippen LogP contribution is -2.29. The molecule has 0 aliphatic carbocycles. The Morgan fingerprint density at radius 2 is 2.04 bits per heavy atom. The summed E-state index contributed by atoms with van der Waals surface area (Å²) in [6.45, 7) is 2.69. The van der Waals surface area contributed by atoms with Crippen LogP contribution in [0.1, 0.15) is 22.5 Å². The molecule has 3 heterocycles. The minimum Gasteiger partial charge on any atom is -0.371 e. The van der Waals surface area contributed by atoms with Gasteiger partial charge in [0.25, 0.3) is 5.91 Å². The Labute approximate surface area is 140 Å². The number of aromatic nitrogens is 2. The first-order valence-electron chi connectivity index (χ1n) is 8.36. The van der Waals surface area contributed by atoms with E-state index in [1.807, 2.05) is 28.8 Å². The summed E-state index contributed by atoms with van der Waals surface area (Å²) < 4.78 is 1.86. The zero-order valence-corrected chi connectivity index (χ0v) is 13.5. The number of benzene rings is 1. The van der Waals surface area contributed by atoms with Crippen LogP contribution in [0.25, 0.3) is 5.65 Å². The van der Waals surface area contributed by atoms with E-state index in [1.54, 1.807) is 6.20 Å². The summed E-state index contributed by atoms with van der Waals surface area (Å²) in [5.74, 6) is -0.111. The van der Waals surface area contributed by atoms with E-state index >= 15 is 0 Å². The molecule has 1 amide bonds. The summed E-state index contributed by atoms with van der Waals surface area (Å²) >= 11 is 0. The van der Waals surface area contributed by atoms with E-state index in [1.165, 1.54) is 11.3 Å². The van der Waals surface area contributed by atoms with Gasteiger partial charge in [-0.3, -0.25) is 4.79 Å². The monoisotopic (exact) mass is 320 g/mol. The second kappa shape index (κ2) is 6.35. The largest absolute Gasteiger partial charge is 0.371 e. The topological polar surface area (TPSA) is 49.6 Å². The summed E-state index contributed by atoms with van der Waals surface area (Å²) in [5.41, 5.74) is 4.01. The smallest absolute Gasteiger partial charge is 0.271 e. The van der Waals surface area contributed by atoms with Crippen LogP contribution in [0, 0.1) is 0 Å². The Kier molecular flexibility index (Phi) is 3.91. The molecule has 2 aromatic heterocycles. The number of carbonyl (C=O) groups is 1. The predicted octanol–water partition coefficient (Wildman–Crippen LogP) is 2.52. The Morgan fingerprint density at radius 1 is 1.17 bits per heavy atom. The van der Waals surface area contributed by atoms with Gasteiger partial charge in [-0.05, 0) is 36.6 Å². The van der Waals surface area contributed by atoms with E-state index in [-0.39, 0.29) is 5.91 Å². The van der Waals surface area contributed by atoms with E-state index in [2.05, 4.69) is 39.5 Å². The number of amides is 1. The zero-order chi connectivity index (χ0) is 16.4. The first-order chi connectivity index (χ1) is 11.8. The Balaban J connectivity index is 1.29. The first kappa shape index (κ1) is 14.8. The highest BCUT2D eigenvalue weighted by molar-refractivity contribution is 5.92. The minimum absolute atomic E-state index is 0.111. The maximum atomic E-state index is 12.2. The van der Waals surface area contributed by atoms with Crippen LogP contribution in [0.4, 0.5) is 5.69 Å². The number of nitrogens with one attached hydrogen (secondary N) is 1.